The Morgan fingerprint density at radius 3 is 2.89 bits per heavy atom. The molecule has 0 saturated carbocycles. The van der Waals surface area contributed by atoms with E-state index in [0.29, 0.717) is 25.6 Å². The SMILES string of the molecule is CCNC(=NCCCn1cccn1)NCCS(=O)(=O)N1CCc2ccccc21. The smallest absolute Gasteiger partial charge is 0.236 e. The van der Waals surface area contributed by atoms with E-state index in [1.165, 1.54) is 4.31 Å². The number of para-hydroxylation sites is 1. The summed E-state index contributed by atoms with van der Waals surface area (Å²) in [7, 11) is -3.36. The summed E-state index contributed by atoms with van der Waals surface area (Å²) in [5.41, 5.74) is 1.90. The second-order valence-electron chi connectivity index (χ2n) is 6.58. The maximum Gasteiger partial charge on any atom is 0.236 e. The third-order valence-electron chi connectivity index (χ3n) is 4.55. The molecule has 1 aliphatic heterocycles. The Morgan fingerprint density at radius 1 is 1.25 bits per heavy atom. The summed E-state index contributed by atoms with van der Waals surface area (Å²) in [6.07, 6.45) is 5.31. The Bertz CT molecular complexity index is 880. The monoisotopic (exact) mass is 404 g/mol. The first-order chi connectivity index (χ1) is 13.6. The van der Waals surface area contributed by atoms with Crippen LogP contribution in [0.2, 0.25) is 0 Å². The van der Waals surface area contributed by atoms with E-state index in [1.54, 1.807) is 6.20 Å². The van der Waals surface area contributed by atoms with E-state index >= 15 is 0 Å². The molecule has 0 saturated heterocycles. The van der Waals surface area contributed by atoms with E-state index in [0.717, 1.165) is 37.2 Å². The molecule has 2 heterocycles. The zero-order chi connectivity index (χ0) is 19.8. The van der Waals surface area contributed by atoms with Crippen LogP contribution in [0.15, 0.2) is 47.7 Å². The summed E-state index contributed by atoms with van der Waals surface area (Å²) in [6, 6.07) is 9.58. The Morgan fingerprint density at radius 2 is 2.11 bits per heavy atom. The second-order valence-corrected chi connectivity index (χ2v) is 8.59. The number of anilines is 1. The lowest BCUT2D eigenvalue weighted by atomic mass is 10.2. The van der Waals surface area contributed by atoms with Gasteiger partial charge in [0.15, 0.2) is 5.96 Å². The van der Waals surface area contributed by atoms with Crippen LogP contribution in [0.25, 0.3) is 0 Å². The molecule has 0 fully saturated rings. The summed E-state index contributed by atoms with van der Waals surface area (Å²) >= 11 is 0. The van der Waals surface area contributed by atoms with E-state index in [4.69, 9.17) is 0 Å². The van der Waals surface area contributed by atoms with Crippen molar-refractivity contribution in [2.75, 3.05) is 36.2 Å². The zero-order valence-electron chi connectivity index (χ0n) is 16.2. The van der Waals surface area contributed by atoms with Crippen molar-refractivity contribution in [2.24, 2.45) is 4.99 Å². The van der Waals surface area contributed by atoms with Gasteiger partial charge < -0.3 is 10.6 Å². The summed E-state index contributed by atoms with van der Waals surface area (Å²) < 4.78 is 28.9. The molecular formula is C19H28N6O2S. The number of aromatic nitrogens is 2. The van der Waals surface area contributed by atoms with E-state index in [9.17, 15) is 8.42 Å². The highest BCUT2D eigenvalue weighted by Crippen LogP contribution is 2.29. The highest BCUT2D eigenvalue weighted by molar-refractivity contribution is 7.92. The van der Waals surface area contributed by atoms with Crippen LogP contribution in [0.5, 0.6) is 0 Å². The number of rotatable bonds is 9. The maximum atomic E-state index is 12.7. The second kappa shape index (κ2) is 9.59. The van der Waals surface area contributed by atoms with Gasteiger partial charge >= 0.3 is 0 Å². The molecule has 152 valence electrons. The van der Waals surface area contributed by atoms with Gasteiger partial charge in [0.2, 0.25) is 10.0 Å². The molecule has 0 amide bonds. The number of hydrogen-bond donors (Lipinski definition) is 2. The molecular weight excluding hydrogens is 376 g/mol. The maximum absolute atomic E-state index is 12.7. The van der Waals surface area contributed by atoms with E-state index in [2.05, 4.69) is 20.7 Å². The summed E-state index contributed by atoms with van der Waals surface area (Å²) in [5, 5.41) is 10.4. The molecule has 2 N–H and O–H groups in total. The first kappa shape index (κ1) is 20.2. The fourth-order valence-electron chi connectivity index (χ4n) is 3.20. The van der Waals surface area contributed by atoms with Gasteiger partial charge in [0.1, 0.15) is 0 Å². The Kier molecular flexibility index (Phi) is 6.91. The average Bonchev–Trinajstić information content (AvgIpc) is 3.35. The first-order valence-electron chi connectivity index (χ1n) is 9.68. The minimum Gasteiger partial charge on any atom is -0.357 e. The van der Waals surface area contributed by atoms with E-state index < -0.39 is 10.0 Å². The van der Waals surface area contributed by atoms with Crippen molar-refractivity contribution in [3.05, 3.63) is 48.3 Å². The highest BCUT2D eigenvalue weighted by atomic mass is 32.2. The van der Waals surface area contributed by atoms with Crippen molar-refractivity contribution in [2.45, 2.75) is 26.3 Å². The number of aryl methyl sites for hydroxylation is 1. The third-order valence-corrected chi connectivity index (χ3v) is 6.32. The Hall–Kier alpha value is -2.55. The molecule has 1 aromatic carbocycles. The van der Waals surface area contributed by atoms with Gasteiger partial charge in [-0.15, -0.1) is 0 Å². The lowest BCUT2D eigenvalue weighted by Crippen LogP contribution is -2.42. The number of nitrogens with zero attached hydrogens (tertiary/aromatic N) is 4. The Balaban J connectivity index is 1.49. The number of nitrogens with one attached hydrogen (secondary N) is 2. The molecule has 9 heteroatoms. The number of hydrogen-bond acceptors (Lipinski definition) is 4. The predicted octanol–water partition coefficient (Wildman–Crippen LogP) is 1.22. The standard InChI is InChI=1S/C19H28N6O2S/c1-2-20-19(21-10-5-13-24-14-6-11-23-24)22-12-16-28(26,27)25-15-9-17-7-3-4-8-18(17)25/h3-4,6-8,11,14H,2,5,9-10,12-13,15-16H2,1H3,(H2,20,21,22). The van der Waals surface area contributed by atoms with Crippen molar-refractivity contribution < 1.29 is 8.42 Å². The van der Waals surface area contributed by atoms with Crippen LogP contribution in [0.1, 0.15) is 18.9 Å². The minimum absolute atomic E-state index is 0.0268. The van der Waals surface area contributed by atoms with Gasteiger partial charge in [0, 0.05) is 45.1 Å². The molecule has 28 heavy (non-hydrogen) atoms. The molecule has 8 nitrogen and oxygen atoms in total. The van der Waals surface area contributed by atoms with Crippen LogP contribution in [0.3, 0.4) is 0 Å². The molecule has 0 bridgehead atoms. The molecule has 0 atom stereocenters. The number of sulfonamides is 1. The van der Waals surface area contributed by atoms with Gasteiger partial charge in [0.25, 0.3) is 0 Å². The number of guanidine groups is 1. The zero-order valence-corrected chi connectivity index (χ0v) is 17.0. The van der Waals surface area contributed by atoms with Crippen LogP contribution in [-0.2, 0) is 23.0 Å². The molecule has 0 unspecified atom stereocenters. The van der Waals surface area contributed by atoms with Gasteiger partial charge in [-0.25, -0.2) is 8.42 Å². The largest absolute Gasteiger partial charge is 0.357 e. The molecule has 0 aliphatic carbocycles. The Labute approximate surface area is 166 Å². The van der Waals surface area contributed by atoms with Gasteiger partial charge in [-0.1, -0.05) is 18.2 Å². The van der Waals surface area contributed by atoms with Crippen molar-refractivity contribution in [3.8, 4) is 0 Å². The average molecular weight is 405 g/mol. The highest BCUT2D eigenvalue weighted by Gasteiger charge is 2.28. The van der Waals surface area contributed by atoms with Crippen molar-refractivity contribution >= 4 is 21.7 Å². The fourth-order valence-corrected chi connectivity index (χ4v) is 4.63. The molecule has 1 aromatic heterocycles. The predicted molar refractivity (Wildman–Crippen MR) is 112 cm³/mol. The topological polar surface area (TPSA) is 91.6 Å². The minimum atomic E-state index is -3.36. The normalized spacial score (nSPS) is 14.2. The molecule has 3 rings (SSSR count). The number of fused-ring (bicyclic) bond motifs is 1. The molecule has 2 aromatic rings. The summed E-state index contributed by atoms with van der Waals surface area (Å²) in [6.45, 7) is 4.98. The lowest BCUT2D eigenvalue weighted by Gasteiger charge is -2.20. The summed E-state index contributed by atoms with van der Waals surface area (Å²) in [4.78, 5) is 4.51. The summed E-state index contributed by atoms with van der Waals surface area (Å²) in [5.74, 6) is 0.666. The van der Waals surface area contributed by atoms with E-state index in [1.807, 2.05) is 48.1 Å². The first-order valence-corrected chi connectivity index (χ1v) is 11.3. The van der Waals surface area contributed by atoms with Crippen LogP contribution in [0.4, 0.5) is 5.69 Å². The van der Waals surface area contributed by atoms with Crippen LogP contribution in [0, 0.1) is 0 Å². The van der Waals surface area contributed by atoms with Crippen LogP contribution in [-0.4, -0.2) is 56.1 Å². The van der Waals surface area contributed by atoms with Gasteiger partial charge in [-0.05, 0) is 37.5 Å². The molecule has 1 aliphatic rings. The van der Waals surface area contributed by atoms with Crippen molar-refractivity contribution in [1.82, 2.24) is 20.4 Å². The van der Waals surface area contributed by atoms with Crippen LogP contribution < -0.4 is 14.9 Å². The van der Waals surface area contributed by atoms with Gasteiger partial charge in [-0.2, -0.15) is 5.10 Å². The van der Waals surface area contributed by atoms with E-state index in [-0.39, 0.29) is 5.75 Å². The molecule has 0 spiro atoms. The molecule has 0 radical (unpaired) electrons. The van der Waals surface area contributed by atoms with Gasteiger partial charge in [0.05, 0.1) is 11.4 Å². The number of benzene rings is 1. The van der Waals surface area contributed by atoms with Crippen molar-refractivity contribution in [1.29, 1.82) is 0 Å². The third kappa shape index (κ3) is 5.25. The fraction of sp³-hybridized carbons (Fsp3) is 0.474. The lowest BCUT2D eigenvalue weighted by molar-refractivity contribution is 0.583. The van der Waals surface area contributed by atoms with Crippen LogP contribution >= 0.6 is 0 Å². The van der Waals surface area contributed by atoms with Crippen molar-refractivity contribution in [3.63, 3.8) is 0 Å². The quantitative estimate of drug-likeness (QED) is 0.373. The number of aliphatic imine (C=N–C) groups is 1. The van der Waals surface area contributed by atoms with Gasteiger partial charge in [-0.3, -0.25) is 14.0 Å².